The predicted octanol–water partition coefficient (Wildman–Crippen LogP) is 5.32. The molecule has 2 aromatic rings. The number of ether oxygens (including phenoxy) is 1. The molecule has 1 aliphatic carbocycles. The number of pyridine rings is 1. The molecule has 0 radical (unpaired) electrons. The lowest BCUT2D eigenvalue weighted by Crippen LogP contribution is -2.43. The summed E-state index contributed by atoms with van der Waals surface area (Å²) in [5.41, 5.74) is 3.72. The van der Waals surface area contributed by atoms with Crippen LogP contribution in [0.3, 0.4) is 0 Å². The van der Waals surface area contributed by atoms with Gasteiger partial charge in [-0.2, -0.15) is 0 Å². The second kappa shape index (κ2) is 10.3. The molecule has 1 atom stereocenters. The Bertz CT molecular complexity index is 851. The van der Waals surface area contributed by atoms with Gasteiger partial charge in [0.05, 0.1) is 12.7 Å². The van der Waals surface area contributed by atoms with Crippen LogP contribution in [0.15, 0.2) is 36.7 Å². The quantitative estimate of drug-likeness (QED) is 0.604. The zero-order chi connectivity index (χ0) is 21.7. The highest BCUT2D eigenvalue weighted by atomic mass is 35.5. The van der Waals surface area contributed by atoms with Gasteiger partial charge in [0.2, 0.25) is 0 Å². The number of carbonyl (C=O) groups excluding carboxylic acids is 1. The minimum atomic E-state index is -0.343. The van der Waals surface area contributed by atoms with E-state index in [1.54, 1.807) is 6.07 Å². The lowest BCUT2D eigenvalue weighted by molar-refractivity contribution is 0.0600. The second-order valence-electron chi connectivity index (χ2n) is 8.06. The van der Waals surface area contributed by atoms with Crippen molar-refractivity contribution in [1.82, 2.24) is 10.3 Å². The van der Waals surface area contributed by atoms with E-state index in [0.717, 1.165) is 43.5 Å². The van der Waals surface area contributed by atoms with Gasteiger partial charge in [0.1, 0.15) is 0 Å². The normalized spacial score (nSPS) is 19.9. The molecule has 5 nitrogen and oxygen atoms in total. The fourth-order valence-corrected chi connectivity index (χ4v) is 4.76. The van der Waals surface area contributed by atoms with E-state index in [1.807, 2.05) is 31.5 Å². The molecule has 0 saturated heterocycles. The van der Waals surface area contributed by atoms with Gasteiger partial charge in [0.15, 0.2) is 0 Å². The van der Waals surface area contributed by atoms with Crippen LogP contribution in [-0.4, -0.2) is 36.7 Å². The van der Waals surface area contributed by atoms with Crippen molar-refractivity contribution < 1.29 is 9.53 Å². The molecule has 1 heterocycles. The Balaban J connectivity index is 1.68. The number of nitrogens with one attached hydrogen (secondary N) is 1. The molecular formula is C24H32ClN3O2. The third kappa shape index (κ3) is 5.13. The summed E-state index contributed by atoms with van der Waals surface area (Å²) in [5, 5.41) is 4.33. The number of methoxy groups -OCH3 is 1. The number of aromatic nitrogens is 1. The number of carbonyl (C=O) groups is 1. The molecule has 0 amide bonds. The Morgan fingerprint density at radius 1 is 1.33 bits per heavy atom. The van der Waals surface area contributed by atoms with Gasteiger partial charge in [-0.25, -0.2) is 4.79 Å². The number of benzene rings is 1. The van der Waals surface area contributed by atoms with Crippen LogP contribution in [0, 0.1) is 6.92 Å². The monoisotopic (exact) mass is 429 g/mol. The highest BCUT2D eigenvalue weighted by Gasteiger charge is 2.28. The average Bonchev–Trinajstić information content (AvgIpc) is 2.77. The summed E-state index contributed by atoms with van der Waals surface area (Å²) in [4.78, 5) is 18.8. The number of nitrogens with zero attached hydrogens (tertiary/aromatic N) is 2. The van der Waals surface area contributed by atoms with Gasteiger partial charge in [-0.3, -0.25) is 4.98 Å². The Labute approximate surface area is 184 Å². The number of anilines is 1. The molecule has 30 heavy (non-hydrogen) atoms. The van der Waals surface area contributed by atoms with Gasteiger partial charge in [-0.05, 0) is 75.8 Å². The minimum Gasteiger partial charge on any atom is -0.465 e. The zero-order valence-electron chi connectivity index (χ0n) is 18.3. The smallest absolute Gasteiger partial charge is 0.338 e. The molecule has 1 aromatic heterocycles. The number of esters is 1. The zero-order valence-corrected chi connectivity index (χ0v) is 19.1. The standard InChI is InChI=1S/C24H32ClN3O2/c1-5-28(23-14-19(25)13-22(16(23)2)24(29)30-4)21-10-8-20(9-11-21)27-17(3)18-7-6-12-26-15-18/h6-7,12-15,17,20-21,27H,5,8-11H2,1-4H3/t17?,20-,21-. The summed E-state index contributed by atoms with van der Waals surface area (Å²) in [6.45, 7) is 7.21. The largest absolute Gasteiger partial charge is 0.465 e. The molecule has 1 aliphatic rings. The van der Waals surface area contributed by atoms with Crippen molar-refractivity contribution in [3.63, 3.8) is 0 Å². The highest BCUT2D eigenvalue weighted by molar-refractivity contribution is 6.31. The van der Waals surface area contributed by atoms with Crippen molar-refractivity contribution in [2.45, 2.75) is 64.6 Å². The molecule has 0 spiro atoms. The van der Waals surface area contributed by atoms with Gasteiger partial charge in [0, 0.05) is 47.8 Å². The molecule has 1 unspecified atom stereocenters. The predicted molar refractivity (Wildman–Crippen MR) is 122 cm³/mol. The Hall–Kier alpha value is -2.11. The first-order chi connectivity index (χ1) is 14.4. The van der Waals surface area contributed by atoms with Crippen molar-refractivity contribution in [2.75, 3.05) is 18.6 Å². The molecule has 1 N–H and O–H groups in total. The van der Waals surface area contributed by atoms with E-state index in [2.05, 4.69) is 35.1 Å². The molecule has 3 rings (SSSR count). The van der Waals surface area contributed by atoms with Crippen LogP contribution in [0.25, 0.3) is 0 Å². The van der Waals surface area contributed by atoms with E-state index in [1.165, 1.54) is 12.7 Å². The Kier molecular flexibility index (Phi) is 7.73. The Morgan fingerprint density at radius 2 is 2.07 bits per heavy atom. The molecule has 0 bridgehead atoms. The van der Waals surface area contributed by atoms with E-state index in [4.69, 9.17) is 16.3 Å². The van der Waals surface area contributed by atoms with E-state index in [-0.39, 0.29) is 5.97 Å². The van der Waals surface area contributed by atoms with Crippen LogP contribution in [0.1, 0.15) is 67.1 Å². The molecule has 162 valence electrons. The van der Waals surface area contributed by atoms with Gasteiger partial charge in [-0.1, -0.05) is 17.7 Å². The number of rotatable bonds is 7. The summed E-state index contributed by atoms with van der Waals surface area (Å²) in [6, 6.07) is 9.00. The van der Waals surface area contributed by atoms with Crippen molar-refractivity contribution in [1.29, 1.82) is 0 Å². The Morgan fingerprint density at radius 3 is 2.67 bits per heavy atom. The third-order valence-electron chi connectivity index (χ3n) is 6.21. The van der Waals surface area contributed by atoms with Gasteiger partial charge in [0.25, 0.3) is 0 Å². The topological polar surface area (TPSA) is 54.5 Å². The van der Waals surface area contributed by atoms with E-state index >= 15 is 0 Å². The van der Waals surface area contributed by atoms with Crippen molar-refractivity contribution in [3.8, 4) is 0 Å². The summed E-state index contributed by atoms with van der Waals surface area (Å²) >= 11 is 6.35. The average molecular weight is 430 g/mol. The molecule has 1 aromatic carbocycles. The second-order valence-corrected chi connectivity index (χ2v) is 8.49. The van der Waals surface area contributed by atoms with Crippen molar-refractivity contribution in [3.05, 3.63) is 58.4 Å². The highest BCUT2D eigenvalue weighted by Crippen LogP contribution is 2.34. The number of hydrogen-bond donors (Lipinski definition) is 1. The van der Waals surface area contributed by atoms with Crippen LogP contribution < -0.4 is 10.2 Å². The van der Waals surface area contributed by atoms with Crippen LogP contribution in [0.2, 0.25) is 5.02 Å². The summed E-state index contributed by atoms with van der Waals surface area (Å²) < 4.78 is 4.94. The molecule has 1 saturated carbocycles. The lowest BCUT2D eigenvalue weighted by atomic mass is 9.88. The van der Waals surface area contributed by atoms with Gasteiger partial charge in [-0.15, -0.1) is 0 Å². The first-order valence-electron chi connectivity index (χ1n) is 10.8. The van der Waals surface area contributed by atoms with Crippen LogP contribution in [0.4, 0.5) is 5.69 Å². The van der Waals surface area contributed by atoms with Gasteiger partial charge >= 0.3 is 5.97 Å². The number of hydrogen-bond acceptors (Lipinski definition) is 5. The minimum absolute atomic E-state index is 0.292. The summed E-state index contributed by atoms with van der Waals surface area (Å²) in [7, 11) is 1.40. The van der Waals surface area contributed by atoms with Crippen molar-refractivity contribution >= 4 is 23.3 Å². The third-order valence-corrected chi connectivity index (χ3v) is 6.43. The lowest BCUT2D eigenvalue weighted by Gasteiger charge is -2.39. The fraction of sp³-hybridized carbons (Fsp3) is 0.500. The maximum absolute atomic E-state index is 12.2. The van der Waals surface area contributed by atoms with Crippen molar-refractivity contribution in [2.24, 2.45) is 0 Å². The van der Waals surface area contributed by atoms with E-state index < -0.39 is 0 Å². The molecule has 6 heteroatoms. The van der Waals surface area contributed by atoms with E-state index in [0.29, 0.717) is 28.7 Å². The molecule has 1 fully saturated rings. The van der Waals surface area contributed by atoms with Crippen LogP contribution >= 0.6 is 11.6 Å². The first kappa shape index (κ1) is 22.6. The van der Waals surface area contributed by atoms with Crippen LogP contribution in [-0.2, 0) is 4.74 Å². The van der Waals surface area contributed by atoms with Gasteiger partial charge < -0.3 is 15.0 Å². The van der Waals surface area contributed by atoms with Crippen LogP contribution in [0.5, 0.6) is 0 Å². The summed E-state index contributed by atoms with van der Waals surface area (Å²) in [6.07, 6.45) is 8.19. The molecule has 0 aliphatic heterocycles. The maximum atomic E-state index is 12.2. The SMILES string of the molecule is CCN(c1cc(Cl)cc(C(=O)OC)c1C)[C@H]1CC[C@H](NC(C)c2cccnc2)CC1. The first-order valence-corrected chi connectivity index (χ1v) is 11.1. The van der Waals surface area contributed by atoms with E-state index in [9.17, 15) is 4.79 Å². The number of halogens is 1. The molecular weight excluding hydrogens is 398 g/mol. The maximum Gasteiger partial charge on any atom is 0.338 e. The summed E-state index contributed by atoms with van der Waals surface area (Å²) in [5.74, 6) is -0.343. The fourth-order valence-electron chi connectivity index (χ4n) is 4.55.